The molecule has 0 saturated heterocycles. The van der Waals surface area contributed by atoms with E-state index in [0.717, 1.165) is 5.56 Å². The summed E-state index contributed by atoms with van der Waals surface area (Å²) in [5.41, 5.74) is 2.13. The van der Waals surface area contributed by atoms with Crippen LogP contribution in [0.25, 0.3) is 0 Å². The molecule has 0 aliphatic rings. The van der Waals surface area contributed by atoms with Gasteiger partial charge in [0.25, 0.3) is 0 Å². The van der Waals surface area contributed by atoms with Crippen molar-refractivity contribution in [2.75, 3.05) is 0 Å². The topological polar surface area (TPSA) is 40.9 Å². The average Bonchev–Trinajstić information content (AvgIpc) is 2.27. The minimum absolute atomic E-state index is 0.0801. The van der Waals surface area contributed by atoms with Crippen molar-refractivity contribution in [3.8, 4) is 6.07 Å². The van der Waals surface area contributed by atoms with Gasteiger partial charge in [-0.2, -0.15) is 5.26 Å². The molecule has 1 aromatic carbocycles. The third kappa shape index (κ3) is 2.21. The molecule has 0 fully saturated rings. The van der Waals surface area contributed by atoms with Crippen molar-refractivity contribution in [1.82, 2.24) is 0 Å². The van der Waals surface area contributed by atoms with Crippen LogP contribution >= 0.6 is 15.9 Å². The summed E-state index contributed by atoms with van der Waals surface area (Å²) < 4.78 is 0. The fraction of sp³-hybridized carbons (Fsp3) is 0.273. The van der Waals surface area contributed by atoms with E-state index in [-0.39, 0.29) is 5.78 Å². The molecule has 1 aromatic rings. The second-order valence-corrected chi connectivity index (χ2v) is 3.45. The van der Waals surface area contributed by atoms with Crippen molar-refractivity contribution in [1.29, 1.82) is 5.26 Å². The van der Waals surface area contributed by atoms with Crippen LogP contribution in [-0.2, 0) is 5.33 Å². The van der Waals surface area contributed by atoms with Crippen LogP contribution in [0.15, 0.2) is 18.2 Å². The lowest BCUT2D eigenvalue weighted by Crippen LogP contribution is -2.01. The van der Waals surface area contributed by atoms with Gasteiger partial charge in [0.15, 0.2) is 5.78 Å². The van der Waals surface area contributed by atoms with Gasteiger partial charge in [0, 0.05) is 17.3 Å². The zero-order valence-corrected chi connectivity index (χ0v) is 9.47. The molecule has 0 bridgehead atoms. The summed E-state index contributed by atoms with van der Waals surface area (Å²) in [5, 5.41) is 9.35. The van der Waals surface area contributed by atoms with Crippen LogP contribution in [-0.4, -0.2) is 5.78 Å². The molecule has 0 saturated carbocycles. The fourth-order valence-electron chi connectivity index (χ4n) is 1.21. The first-order valence-electron chi connectivity index (χ1n) is 4.35. The lowest BCUT2D eigenvalue weighted by atomic mass is 10.0. The first kappa shape index (κ1) is 10.9. The highest BCUT2D eigenvalue weighted by Crippen LogP contribution is 2.16. The summed E-state index contributed by atoms with van der Waals surface area (Å²) in [4.78, 5) is 11.5. The second-order valence-electron chi connectivity index (χ2n) is 2.89. The summed E-state index contributed by atoms with van der Waals surface area (Å²) in [6.07, 6.45) is 0.467. The van der Waals surface area contributed by atoms with Gasteiger partial charge in [0.2, 0.25) is 0 Å². The molecular weight excluding hydrogens is 242 g/mol. The van der Waals surface area contributed by atoms with Crippen LogP contribution < -0.4 is 0 Å². The Balaban J connectivity index is 3.23. The van der Waals surface area contributed by atoms with E-state index in [0.29, 0.717) is 22.9 Å². The van der Waals surface area contributed by atoms with Gasteiger partial charge in [-0.15, -0.1) is 0 Å². The Kier molecular flexibility index (Phi) is 3.84. The Morgan fingerprint density at radius 1 is 1.57 bits per heavy atom. The summed E-state index contributed by atoms with van der Waals surface area (Å²) >= 11 is 3.32. The molecule has 0 heterocycles. The second kappa shape index (κ2) is 4.92. The van der Waals surface area contributed by atoms with Crippen molar-refractivity contribution in [2.45, 2.75) is 18.7 Å². The molecule has 0 atom stereocenters. The van der Waals surface area contributed by atoms with Crippen molar-refractivity contribution in [3.63, 3.8) is 0 Å². The third-order valence-electron chi connectivity index (χ3n) is 2.00. The largest absolute Gasteiger partial charge is 0.294 e. The molecule has 14 heavy (non-hydrogen) atoms. The van der Waals surface area contributed by atoms with E-state index in [1.165, 1.54) is 0 Å². The SMILES string of the molecule is CCC(=O)c1cc(C#N)ccc1CBr. The van der Waals surface area contributed by atoms with Crippen molar-refractivity contribution >= 4 is 21.7 Å². The molecule has 0 unspecified atom stereocenters. The maximum atomic E-state index is 11.5. The predicted octanol–water partition coefficient (Wildman–Crippen LogP) is 3.05. The van der Waals surface area contributed by atoms with Crippen LogP contribution in [0.5, 0.6) is 0 Å². The van der Waals surface area contributed by atoms with Crippen molar-refractivity contribution in [3.05, 3.63) is 34.9 Å². The predicted molar refractivity (Wildman–Crippen MR) is 58.4 cm³/mol. The molecule has 0 spiro atoms. The molecule has 0 aromatic heterocycles. The number of hydrogen-bond donors (Lipinski definition) is 0. The number of alkyl halides is 1. The Hall–Kier alpha value is -1.14. The molecular formula is C11H10BrNO. The Labute approximate surface area is 91.7 Å². The van der Waals surface area contributed by atoms with Gasteiger partial charge >= 0.3 is 0 Å². The summed E-state index contributed by atoms with van der Waals surface area (Å²) in [7, 11) is 0. The average molecular weight is 252 g/mol. The van der Waals surface area contributed by atoms with Gasteiger partial charge < -0.3 is 0 Å². The summed E-state index contributed by atoms with van der Waals surface area (Å²) in [6.45, 7) is 1.82. The molecule has 2 nitrogen and oxygen atoms in total. The highest BCUT2D eigenvalue weighted by Gasteiger charge is 2.09. The van der Waals surface area contributed by atoms with Gasteiger partial charge in [-0.25, -0.2) is 0 Å². The Morgan fingerprint density at radius 3 is 2.79 bits per heavy atom. The quantitative estimate of drug-likeness (QED) is 0.612. The van der Waals surface area contributed by atoms with Gasteiger partial charge in [-0.3, -0.25) is 4.79 Å². The molecule has 0 N–H and O–H groups in total. The van der Waals surface area contributed by atoms with Crippen molar-refractivity contribution in [2.24, 2.45) is 0 Å². The number of hydrogen-bond acceptors (Lipinski definition) is 2. The molecule has 0 radical (unpaired) electrons. The first-order valence-corrected chi connectivity index (χ1v) is 5.47. The number of nitrogens with zero attached hydrogens (tertiary/aromatic N) is 1. The minimum atomic E-state index is 0.0801. The van der Waals surface area contributed by atoms with Crippen molar-refractivity contribution < 1.29 is 4.79 Å². The van der Waals surface area contributed by atoms with E-state index >= 15 is 0 Å². The zero-order valence-electron chi connectivity index (χ0n) is 7.88. The van der Waals surface area contributed by atoms with Gasteiger partial charge in [0.05, 0.1) is 11.6 Å². The van der Waals surface area contributed by atoms with Gasteiger partial charge in [-0.1, -0.05) is 28.9 Å². The van der Waals surface area contributed by atoms with Crippen LogP contribution in [0.2, 0.25) is 0 Å². The number of rotatable bonds is 3. The molecule has 72 valence electrons. The van der Waals surface area contributed by atoms with E-state index in [1.54, 1.807) is 12.1 Å². The Bertz CT molecular complexity index is 393. The molecule has 0 amide bonds. The summed E-state index contributed by atoms with van der Waals surface area (Å²) in [6, 6.07) is 7.23. The molecule has 0 aliphatic heterocycles. The number of carbonyl (C=O) groups is 1. The Morgan fingerprint density at radius 2 is 2.29 bits per heavy atom. The number of benzene rings is 1. The van der Waals surface area contributed by atoms with Crippen LogP contribution in [0.3, 0.4) is 0 Å². The van der Waals surface area contributed by atoms with E-state index in [9.17, 15) is 4.79 Å². The fourth-order valence-corrected chi connectivity index (χ4v) is 1.70. The maximum absolute atomic E-state index is 11.5. The number of Topliss-reactive ketones (excluding diaryl/α,β-unsaturated/α-hetero) is 1. The molecule has 0 aliphatic carbocycles. The lowest BCUT2D eigenvalue weighted by molar-refractivity contribution is 0.0987. The smallest absolute Gasteiger partial charge is 0.162 e. The monoisotopic (exact) mass is 251 g/mol. The van der Waals surface area contributed by atoms with E-state index in [4.69, 9.17) is 5.26 Å². The highest BCUT2D eigenvalue weighted by atomic mass is 79.9. The lowest BCUT2D eigenvalue weighted by Gasteiger charge is -2.04. The van der Waals surface area contributed by atoms with E-state index < -0.39 is 0 Å². The number of nitriles is 1. The van der Waals surface area contributed by atoms with Gasteiger partial charge in [-0.05, 0) is 17.7 Å². The minimum Gasteiger partial charge on any atom is -0.294 e. The number of halogens is 1. The van der Waals surface area contributed by atoms with Crippen LogP contribution in [0.4, 0.5) is 0 Å². The molecule has 1 rings (SSSR count). The maximum Gasteiger partial charge on any atom is 0.162 e. The first-order chi connectivity index (χ1) is 6.72. The normalized spacial score (nSPS) is 9.50. The third-order valence-corrected chi connectivity index (χ3v) is 2.61. The van der Waals surface area contributed by atoms with Gasteiger partial charge in [0.1, 0.15) is 0 Å². The molecule has 3 heteroatoms. The van der Waals surface area contributed by atoms with E-state index in [2.05, 4.69) is 15.9 Å². The van der Waals surface area contributed by atoms with E-state index in [1.807, 2.05) is 19.1 Å². The number of ketones is 1. The highest BCUT2D eigenvalue weighted by molar-refractivity contribution is 9.08. The van der Waals surface area contributed by atoms with Crippen LogP contribution in [0.1, 0.15) is 34.8 Å². The zero-order chi connectivity index (χ0) is 10.6. The summed E-state index contributed by atoms with van der Waals surface area (Å²) in [5.74, 6) is 0.0801. The standard InChI is InChI=1S/C11H10BrNO/c1-2-11(14)10-5-8(7-13)3-4-9(10)6-12/h3-5H,2,6H2,1H3. The number of carbonyl (C=O) groups excluding carboxylic acids is 1. The van der Waals surface area contributed by atoms with Crippen LogP contribution in [0, 0.1) is 11.3 Å².